The van der Waals surface area contributed by atoms with Crippen molar-refractivity contribution in [1.82, 2.24) is 0 Å². The molecule has 0 spiro atoms. The van der Waals surface area contributed by atoms with Crippen molar-refractivity contribution in [3.05, 3.63) is 23.3 Å². The van der Waals surface area contributed by atoms with Crippen molar-refractivity contribution in [1.29, 1.82) is 0 Å². The lowest BCUT2D eigenvalue weighted by atomic mass is 9.99. The van der Waals surface area contributed by atoms with Crippen LogP contribution in [0.4, 0.5) is 0 Å². The predicted molar refractivity (Wildman–Crippen MR) is 51.3 cm³/mol. The molecule has 0 bridgehead atoms. The molecule has 0 saturated carbocycles. The molecule has 11 heavy (non-hydrogen) atoms. The van der Waals surface area contributed by atoms with Gasteiger partial charge in [0.2, 0.25) is 0 Å². The van der Waals surface area contributed by atoms with Gasteiger partial charge in [0.15, 0.2) is 0 Å². The third-order valence-electron chi connectivity index (χ3n) is 1.64. The highest BCUT2D eigenvalue weighted by Gasteiger charge is 1.98. The van der Waals surface area contributed by atoms with Gasteiger partial charge in [-0.25, -0.2) is 0 Å². The number of hydrogen-bond donors (Lipinski definition) is 0. The lowest BCUT2D eigenvalue weighted by Gasteiger charge is -2.06. The Morgan fingerprint density at radius 1 is 1.36 bits per heavy atom. The molecule has 0 aromatic rings. The van der Waals surface area contributed by atoms with E-state index in [0.717, 1.165) is 18.4 Å². The molecule has 0 rings (SSSR count). The molecule has 0 fully saturated rings. The largest absolute Gasteiger partial charge is 0.120 e. The highest BCUT2D eigenvalue weighted by Crippen LogP contribution is 2.17. The minimum absolute atomic E-state index is 0.813. The van der Waals surface area contributed by atoms with Crippen molar-refractivity contribution in [3.63, 3.8) is 0 Å². The Kier molecular flexibility index (Phi) is 4.38. The molecular formula is C11H16. The number of hydrogen-bond acceptors (Lipinski definition) is 0. The van der Waals surface area contributed by atoms with Crippen LogP contribution in [0, 0.1) is 12.3 Å². The zero-order valence-electron chi connectivity index (χ0n) is 7.70. The molecule has 60 valence electrons. The Balaban J connectivity index is 4.29. The minimum atomic E-state index is 0.813. The molecule has 0 radical (unpaired) electrons. The summed E-state index contributed by atoms with van der Waals surface area (Å²) in [5, 5.41) is 0. The molecular weight excluding hydrogens is 132 g/mol. The minimum Gasteiger partial charge on any atom is -0.120 e. The molecule has 0 heteroatoms. The number of allylic oxidation sites excluding steroid dienone is 3. The first kappa shape index (κ1) is 10.0. The Bertz CT molecular complexity index is 207. The van der Waals surface area contributed by atoms with Gasteiger partial charge in [-0.2, -0.15) is 0 Å². The van der Waals surface area contributed by atoms with Crippen molar-refractivity contribution >= 4 is 0 Å². The van der Waals surface area contributed by atoms with E-state index in [1.165, 1.54) is 11.1 Å². The fourth-order valence-electron chi connectivity index (χ4n) is 1.09. The summed E-state index contributed by atoms with van der Waals surface area (Å²) in [7, 11) is 0. The molecule has 0 amide bonds. The first-order valence-electron chi connectivity index (χ1n) is 3.85. The second-order valence-corrected chi connectivity index (χ2v) is 2.96. The molecule has 0 aromatic carbocycles. The first-order chi connectivity index (χ1) is 5.09. The van der Waals surface area contributed by atoms with Crippen LogP contribution >= 0.6 is 0 Å². The van der Waals surface area contributed by atoms with Crippen LogP contribution in [0.15, 0.2) is 23.3 Å². The summed E-state index contributed by atoms with van der Waals surface area (Å²) in [5.74, 6) is 2.63. The highest BCUT2D eigenvalue weighted by atomic mass is 14.0. The molecule has 0 aromatic heterocycles. The third-order valence-corrected chi connectivity index (χ3v) is 1.64. The zero-order chi connectivity index (χ0) is 8.85. The Morgan fingerprint density at radius 2 is 1.91 bits per heavy atom. The van der Waals surface area contributed by atoms with E-state index in [9.17, 15) is 0 Å². The average molecular weight is 148 g/mol. The summed E-state index contributed by atoms with van der Waals surface area (Å²) in [4.78, 5) is 0. The summed E-state index contributed by atoms with van der Waals surface area (Å²) < 4.78 is 0. The third kappa shape index (κ3) is 3.68. The van der Waals surface area contributed by atoms with Gasteiger partial charge in [-0.15, -0.1) is 12.3 Å². The van der Waals surface area contributed by atoms with Crippen LogP contribution in [-0.4, -0.2) is 0 Å². The predicted octanol–water partition coefficient (Wildman–Crippen LogP) is 3.31. The Morgan fingerprint density at radius 3 is 2.18 bits per heavy atom. The molecule has 0 aliphatic heterocycles. The molecule has 0 aliphatic carbocycles. The number of terminal acetylenes is 1. The normalized spacial score (nSPS) is 8.55. The van der Waals surface area contributed by atoms with Crippen LogP contribution in [0.25, 0.3) is 0 Å². The van der Waals surface area contributed by atoms with E-state index in [-0.39, 0.29) is 0 Å². The van der Waals surface area contributed by atoms with Crippen LogP contribution in [0.3, 0.4) is 0 Å². The lowest BCUT2D eigenvalue weighted by molar-refractivity contribution is 0.985. The van der Waals surface area contributed by atoms with Gasteiger partial charge in [0.1, 0.15) is 0 Å². The SMILES string of the molecule is C#CCCC(C(=C)C)=C(C)C. The lowest BCUT2D eigenvalue weighted by Crippen LogP contribution is -1.87. The van der Waals surface area contributed by atoms with Gasteiger partial charge in [-0.05, 0) is 32.8 Å². The van der Waals surface area contributed by atoms with Gasteiger partial charge in [0.05, 0.1) is 0 Å². The zero-order valence-corrected chi connectivity index (χ0v) is 7.70. The van der Waals surface area contributed by atoms with Crippen LogP contribution in [0.1, 0.15) is 33.6 Å². The van der Waals surface area contributed by atoms with Gasteiger partial charge in [-0.3, -0.25) is 0 Å². The van der Waals surface area contributed by atoms with Gasteiger partial charge < -0.3 is 0 Å². The average Bonchev–Trinajstić information content (AvgIpc) is 1.87. The van der Waals surface area contributed by atoms with Crippen molar-refractivity contribution < 1.29 is 0 Å². The van der Waals surface area contributed by atoms with Crippen molar-refractivity contribution in [2.24, 2.45) is 0 Å². The second kappa shape index (κ2) is 4.79. The summed E-state index contributed by atoms with van der Waals surface area (Å²) in [5.41, 5.74) is 3.79. The summed E-state index contributed by atoms with van der Waals surface area (Å²) in [6.45, 7) is 10.1. The first-order valence-corrected chi connectivity index (χ1v) is 3.85. The topological polar surface area (TPSA) is 0 Å². The van der Waals surface area contributed by atoms with E-state index in [4.69, 9.17) is 6.42 Å². The smallest absolute Gasteiger partial charge is 0.0127 e. The van der Waals surface area contributed by atoms with E-state index in [2.05, 4.69) is 26.3 Å². The van der Waals surface area contributed by atoms with Gasteiger partial charge in [0.25, 0.3) is 0 Å². The van der Waals surface area contributed by atoms with Gasteiger partial charge >= 0.3 is 0 Å². The summed E-state index contributed by atoms with van der Waals surface area (Å²) in [6, 6.07) is 0. The molecule has 0 heterocycles. The van der Waals surface area contributed by atoms with E-state index >= 15 is 0 Å². The van der Waals surface area contributed by atoms with Gasteiger partial charge in [-0.1, -0.05) is 17.7 Å². The Hall–Kier alpha value is -0.960. The molecule has 0 atom stereocenters. The second-order valence-electron chi connectivity index (χ2n) is 2.96. The fourth-order valence-corrected chi connectivity index (χ4v) is 1.09. The molecule has 0 aliphatic rings. The summed E-state index contributed by atoms with van der Waals surface area (Å²) >= 11 is 0. The monoisotopic (exact) mass is 148 g/mol. The quantitative estimate of drug-likeness (QED) is 0.425. The maximum Gasteiger partial charge on any atom is 0.0127 e. The van der Waals surface area contributed by atoms with E-state index in [1.54, 1.807) is 0 Å². The van der Waals surface area contributed by atoms with Crippen LogP contribution in [0.5, 0.6) is 0 Å². The van der Waals surface area contributed by atoms with Crippen LogP contribution in [-0.2, 0) is 0 Å². The Labute approximate surface area is 70.0 Å². The van der Waals surface area contributed by atoms with Crippen molar-refractivity contribution in [2.75, 3.05) is 0 Å². The molecule has 0 unspecified atom stereocenters. The van der Waals surface area contributed by atoms with Crippen molar-refractivity contribution in [2.45, 2.75) is 33.6 Å². The standard InChI is InChI=1S/C11H16/c1-6-7-8-11(9(2)3)10(4)5/h1H,2,7-8H2,3-5H3. The van der Waals surface area contributed by atoms with Gasteiger partial charge in [0, 0.05) is 6.42 Å². The number of rotatable bonds is 3. The maximum atomic E-state index is 5.17. The van der Waals surface area contributed by atoms with E-state index in [1.807, 2.05) is 6.92 Å². The van der Waals surface area contributed by atoms with Crippen LogP contribution < -0.4 is 0 Å². The van der Waals surface area contributed by atoms with E-state index in [0.29, 0.717) is 0 Å². The van der Waals surface area contributed by atoms with Crippen LogP contribution in [0.2, 0.25) is 0 Å². The summed E-state index contributed by atoms with van der Waals surface area (Å²) in [6.07, 6.45) is 6.95. The highest BCUT2D eigenvalue weighted by molar-refractivity contribution is 5.30. The van der Waals surface area contributed by atoms with E-state index < -0.39 is 0 Å². The fraction of sp³-hybridized carbons (Fsp3) is 0.455. The van der Waals surface area contributed by atoms with Crippen molar-refractivity contribution in [3.8, 4) is 12.3 Å². The molecule has 0 saturated heterocycles. The molecule has 0 N–H and O–H groups in total. The maximum absolute atomic E-state index is 5.17. The molecule has 0 nitrogen and oxygen atoms in total.